The molecule has 0 aliphatic carbocycles. The van der Waals surface area contributed by atoms with Crippen LogP contribution in [0.5, 0.6) is 0 Å². The number of aromatic nitrogens is 2. The normalized spacial score (nSPS) is 11.0. The molecule has 0 bridgehead atoms. The summed E-state index contributed by atoms with van der Waals surface area (Å²) in [5, 5.41) is 7.64. The first-order valence-electron chi connectivity index (χ1n) is 7.41. The number of nitrogens with two attached hydrogens (primary N) is 1. The average molecular weight is 470 g/mol. The fourth-order valence-corrected chi connectivity index (χ4v) is 2.18. The molecule has 3 N–H and O–H groups in total. The number of rotatable bonds is 5. The zero-order chi connectivity index (χ0) is 16.8. The quantitative estimate of drug-likeness (QED) is 0.335. The van der Waals surface area contributed by atoms with Crippen molar-refractivity contribution in [2.24, 2.45) is 10.7 Å². The van der Waals surface area contributed by atoms with Gasteiger partial charge in [-0.15, -0.1) is 24.0 Å². The molecule has 1 heterocycles. The van der Waals surface area contributed by atoms with E-state index in [0.29, 0.717) is 35.7 Å². The minimum atomic E-state index is 0. The van der Waals surface area contributed by atoms with Gasteiger partial charge in [-0.1, -0.05) is 35.0 Å². The number of halogens is 2. The van der Waals surface area contributed by atoms with Gasteiger partial charge in [0, 0.05) is 22.7 Å². The Bertz CT molecular complexity index is 821. The first-order valence-corrected chi connectivity index (χ1v) is 7.79. The molecule has 3 aromatic rings. The van der Waals surface area contributed by atoms with Crippen molar-refractivity contribution < 1.29 is 4.52 Å². The van der Waals surface area contributed by atoms with Crippen molar-refractivity contribution in [2.75, 3.05) is 11.9 Å². The van der Waals surface area contributed by atoms with Crippen molar-refractivity contribution in [3.8, 4) is 11.4 Å². The molecule has 0 aliphatic rings. The fourth-order valence-electron chi connectivity index (χ4n) is 2.05. The summed E-state index contributed by atoms with van der Waals surface area (Å²) < 4.78 is 5.22. The van der Waals surface area contributed by atoms with Gasteiger partial charge in [0.1, 0.15) is 0 Å². The molecule has 0 unspecified atom stereocenters. The maximum absolute atomic E-state index is 5.86. The summed E-state index contributed by atoms with van der Waals surface area (Å²) in [6.45, 7) is 0.452. The fraction of sp³-hybridized carbons (Fsp3) is 0.118. The third-order valence-electron chi connectivity index (χ3n) is 3.22. The molecule has 0 radical (unpaired) electrons. The molecule has 3 rings (SSSR count). The van der Waals surface area contributed by atoms with E-state index in [0.717, 1.165) is 11.3 Å². The van der Waals surface area contributed by atoms with E-state index in [1.54, 1.807) is 12.1 Å². The molecule has 1 aromatic heterocycles. The van der Waals surface area contributed by atoms with Crippen LogP contribution in [0.15, 0.2) is 64.1 Å². The van der Waals surface area contributed by atoms with Crippen LogP contribution in [0.25, 0.3) is 11.4 Å². The Morgan fingerprint density at radius 3 is 2.56 bits per heavy atom. The van der Waals surface area contributed by atoms with Gasteiger partial charge in [-0.25, -0.2) is 0 Å². The Hall–Kier alpha value is -2.13. The van der Waals surface area contributed by atoms with Crippen molar-refractivity contribution >= 4 is 47.2 Å². The SMILES string of the molecule is I.NC(=NCCc1nc(-c2ccc(Cl)cc2)no1)Nc1ccccc1. The molecule has 0 amide bonds. The third-order valence-corrected chi connectivity index (χ3v) is 3.48. The van der Waals surface area contributed by atoms with Crippen molar-refractivity contribution in [3.63, 3.8) is 0 Å². The lowest BCUT2D eigenvalue weighted by atomic mass is 10.2. The number of guanidine groups is 1. The lowest BCUT2D eigenvalue weighted by molar-refractivity contribution is 0.380. The number of nitrogens with zero attached hydrogens (tertiary/aromatic N) is 3. The predicted octanol–water partition coefficient (Wildman–Crippen LogP) is 3.98. The van der Waals surface area contributed by atoms with E-state index in [1.165, 1.54) is 0 Å². The molecule has 6 nitrogen and oxygen atoms in total. The number of aliphatic imine (C=N–C) groups is 1. The predicted molar refractivity (Wildman–Crippen MR) is 110 cm³/mol. The van der Waals surface area contributed by atoms with Crippen molar-refractivity contribution in [2.45, 2.75) is 6.42 Å². The van der Waals surface area contributed by atoms with Crippen LogP contribution in [0.3, 0.4) is 0 Å². The second-order valence-electron chi connectivity index (χ2n) is 5.03. The molecule has 0 atom stereocenters. The maximum atomic E-state index is 5.86. The molecule has 2 aromatic carbocycles. The summed E-state index contributed by atoms with van der Waals surface area (Å²) in [4.78, 5) is 8.59. The maximum Gasteiger partial charge on any atom is 0.228 e. The smallest absolute Gasteiger partial charge is 0.228 e. The van der Waals surface area contributed by atoms with Crippen LogP contribution in [0.1, 0.15) is 5.89 Å². The largest absolute Gasteiger partial charge is 0.370 e. The van der Waals surface area contributed by atoms with Crippen LogP contribution in [0.4, 0.5) is 5.69 Å². The van der Waals surface area contributed by atoms with Gasteiger partial charge in [0.25, 0.3) is 0 Å². The third kappa shape index (κ3) is 5.71. The van der Waals surface area contributed by atoms with Gasteiger partial charge in [-0.05, 0) is 36.4 Å². The van der Waals surface area contributed by atoms with E-state index < -0.39 is 0 Å². The lowest BCUT2D eigenvalue weighted by Crippen LogP contribution is -2.23. The summed E-state index contributed by atoms with van der Waals surface area (Å²) in [7, 11) is 0. The zero-order valence-electron chi connectivity index (χ0n) is 13.2. The van der Waals surface area contributed by atoms with E-state index in [2.05, 4.69) is 20.4 Å². The van der Waals surface area contributed by atoms with Crippen LogP contribution >= 0.6 is 35.6 Å². The number of nitrogens with one attached hydrogen (secondary N) is 1. The van der Waals surface area contributed by atoms with Crippen molar-refractivity contribution in [1.29, 1.82) is 0 Å². The topological polar surface area (TPSA) is 89.3 Å². The first-order chi connectivity index (χ1) is 11.7. The molecular weight excluding hydrogens is 453 g/mol. The standard InChI is InChI=1S/C17H16ClN5O.HI/c18-13-8-6-12(7-9-13)16-22-15(24-23-16)10-11-20-17(19)21-14-4-2-1-3-5-14;/h1-9H,10-11H2,(H3,19,20,21);1H. The van der Waals surface area contributed by atoms with Gasteiger partial charge in [0.15, 0.2) is 5.96 Å². The Morgan fingerprint density at radius 1 is 1.12 bits per heavy atom. The minimum absolute atomic E-state index is 0. The molecule has 8 heteroatoms. The molecule has 0 spiro atoms. The second-order valence-corrected chi connectivity index (χ2v) is 5.46. The number of hydrogen-bond acceptors (Lipinski definition) is 4. The molecule has 25 heavy (non-hydrogen) atoms. The van der Waals surface area contributed by atoms with Crippen LogP contribution in [0, 0.1) is 0 Å². The van der Waals surface area contributed by atoms with Gasteiger partial charge >= 0.3 is 0 Å². The zero-order valence-corrected chi connectivity index (χ0v) is 16.3. The van der Waals surface area contributed by atoms with Gasteiger partial charge < -0.3 is 15.6 Å². The van der Waals surface area contributed by atoms with Crippen LogP contribution < -0.4 is 11.1 Å². The van der Waals surface area contributed by atoms with E-state index in [4.69, 9.17) is 21.9 Å². The Morgan fingerprint density at radius 2 is 1.84 bits per heavy atom. The molecule has 0 aliphatic heterocycles. The highest BCUT2D eigenvalue weighted by Gasteiger charge is 2.08. The van der Waals surface area contributed by atoms with Crippen LogP contribution in [-0.4, -0.2) is 22.6 Å². The summed E-state index contributed by atoms with van der Waals surface area (Å²) in [5.74, 6) is 1.39. The summed E-state index contributed by atoms with van der Waals surface area (Å²) >= 11 is 5.86. The first kappa shape index (κ1) is 19.2. The van der Waals surface area contributed by atoms with Crippen LogP contribution in [0.2, 0.25) is 5.02 Å². The summed E-state index contributed by atoms with van der Waals surface area (Å²) in [6, 6.07) is 16.9. The Kier molecular flexibility index (Phi) is 7.20. The van der Waals surface area contributed by atoms with Crippen LogP contribution in [-0.2, 0) is 6.42 Å². The number of benzene rings is 2. The summed E-state index contributed by atoms with van der Waals surface area (Å²) in [6.07, 6.45) is 0.512. The van der Waals surface area contributed by atoms with Crippen molar-refractivity contribution in [3.05, 3.63) is 65.5 Å². The van der Waals surface area contributed by atoms with Gasteiger partial charge in [0.05, 0.1) is 6.54 Å². The lowest BCUT2D eigenvalue weighted by Gasteiger charge is -2.04. The van der Waals surface area contributed by atoms with E-state index >= 15 is 0 Å². The molecule has 0 fully saturated rings. The van der Waals surface area contributed by atoms with E-state index in [1.807, 2.05) is 42.5 Å². The number of hydrogen-bond donors (Lipinski definition) is 2. The monoisotopic (exact) mass is 469 g/mol. The molecule has 130 valence electrons. The molecule has 0 saturated carbocycles. The van der Waals surface area contributed by atoms with Gasteiger partial charge in [-0.3, -0.25) is 4.99 Å². The summed E-state index contributed by atoms with van der Waals surface area (Å²) in [5.41, 5.74) is 7.58. The average Bonchev–Trinajstić information content (AvgIpc) is 3.05. The van der Waals surface area contributed by atoms with Gasteiger partial charge in [-0.2, -0.15) is 4.98 Å². The van der Waals surface area contributed by atoms with E-state index in [-0.39, 0.29) is 24.0 Å². The highest BCUT2D eigenvalue weighted by Crippen LogP contribution is 2.18. The number of anilines is 1. The second kappa shape index (κ2) is 9.38. The highest BCUT2D eigenvalue weighted by atomic mass is 127. The number of para-hydroxylation sites is 1. The molecule has 0 saturated heterocycles. The van der Waals surface area contributed by atoms with E-state index in [9.17, 15) is 0 Å². The minimum Gasteiger partial charge on any atom is -0.370 e. The molecular formula is C17H17ClIN5O. The van der Waals surface area contributed by atoms with Gasteiger partial charge in [0.2, 0.25) is 11.7 Å². The highest BCUT2D eigenvalue weighted by molar-refractivity contribution is 14.0. The Labute approximate surface area is 167 Å². The van der Waals surface area contributed by atoms with Crippen molar-refractivity contribution in [1.82, 2.24) is 10.1 Å². The Balaban J connectivity index is 0.00000225.